The number of hydrogen-bond donors (Lipinski definition) is 1. The summed E-state index contributed by atoms with van der Waals surface area (Å²) in [5.41, 5.74) is 2.06. The molecule has 1 atom stereocenters. The van der Waals surface area contributed by atoms with E-state index in [1.165, 1.54) is 4.81 Å². The van der Waals surface area contributed by atoms with Crippen LogP contribution in [0.1, 0.15) is 23.4 Å². The SMILES string of the molecule is O=C(CC(c1ccccc1)[B-]12OCC[NH+]1CCO2)OCc1ccccc1. The highest BCUT2D eigenvalue weighted by Crippen LogP contribution is 2.32. The number of nitrogens with one attached hydrogen (secondary N) is 1. The van der Waals surface area contributed by atoms with Gasteiger partial charge in [-0.05, 0) is 11.4 Å². The summed E-state index contributed by atoms with van der Waals surface area (Å²) >= 11 is 0. The molecule has 26 heavy (non-hydrogen) atoms. The molecular weight excluding hydrogens is 329 g/mol. The van der Waals surface area contributed by atoms with Crippen LogP contribution in [0.5, 0.6) is 0 Å². The van der Waals surface area contributed by atoms with Gasteiger partial charge >= 0.3 is 12.7 Å². The maximum absolute atomic E-state index is 12.6. The molecule has 0 amide bonds. The van der Waals surface area contributed by atoms with Crippen LogP contribution in [0.4, 0.5) is 0 Å². The summed E-state index contributed by atoms with van der Waals surface area (Å²) in [6.45, 7) is 1.95. The first kappa shape index (κ1) is 17.3. The van der Waals surface area contributed by atoms with Gasteiger partial charge in [0, 0.05) is 6.42 Å². The van der Waals surface area contributed by atoms with E-state index >= 15 is 0 Å². The van der Waals surface area contributed by atoms with Crippen molar-refractivity contribution in [1.29, 1.82) is 0 Å². The van der Waals surface area contributed by atoms with E-state index in [0.29, 0.717) is 19.8 Å². The highest BCUT2D eigenvalue weighted by Gasteiger charge is 2.56. The summed E-state index contributed by atoms with van der Waals surface area (Å²) < 4.78 is 17.8. The third kappa shape index (κ3) is 3.40. The second kappa shape index (κ2) is 7.62. The van der Waals surface area contributed by atoms with Crippen molar-refractivity contribution in [3.05, 3.63) is 71.8 Å². The van der Waals surface area contributed by atoms with Crippen LogP contribution >= 0.6 is 0 Å². The molecule has 5 nitrogen and oxygen atoms in total. The van der Waals surface area contributed by atoms with Gasteiger partial charge in [0.1, 0.15) is 6.61 Å². The first-order chi connectivity index (χ1) is 12.8. The van der Waals surface area contributed by atoms with Gasteiger partial charge in [-0.1, -0.05) is 66.2 Å². The van der Waals surface area contributed by atoms with Crippen LogP contribution in [0.15, 0.2) is 60.7 Å². The van der Waals surface area contributed by atoms with Gasteiger partial charge in [0.05, 0.1) is 26.3 Å². The number of hydrogen-bond acceptors (Lipinski definition) is 4. The molecule has 2 aliphatic heterocycles. The lowest BCUT2D eigenvalue weighted by molar-refractivity contribution is -0.785. The second-order valence-electron chi connectivity index (χ2n) is 7.04. The van der Waals surface area contributed by atoms with Gasteiger partial charge in [-0.2, -0.15) is 0 Å². The van der Waals surface area contributed by atoms with Crippen LogP contribution < -0.4 is 4.81 Å². The number of rotatable bonds is 6. The van der Waals surface area contributed by atoms with E-state index in [9.17, 15) is 4.79 Å². The Balaban J connectivity index is 1.51. The van der Waals surface area contributed by atoms with Crippen molar-refractivity contribution in [2.45, 2.75) is 18.8 Å². The monoisotopic (exact) mass is 353 g/mol. The fourth-order valence-corrected chi connectivity index (χ4v) is 4.26. The van der Waals surface area contributed by atoms with E-state index in [2.05, 4.69) is 0 Å². The van der Waals surface area contributed by atoms with Gasteiger partial charge in [-0.15, -0.1) is 0 Å². The minimum Gasteiger partial charge on any atom is -0.509 e. The van der Waals surface area contributed by atoms with E-state index in [0.717, 1.165) is 24.2 Å². The predicted octanol–water partition coefficient (Wildman–Crippen LogP) is 1.33. The average Bonchev–Trinajstić information content (AvgIpc) is 3.27. The molecule has 0 radical (unpaired) electrons. The van der Waals surface area contributed by atoms with Crippen molar-refractivity contribution in [3.8, 4) is 0 Å². The molecule has 0 saturated carbocycles. The van der Waals surface area contributed by atoms with Gasteiger partial charge in [-0.3, -0.25) is 4.79 Å². The number of esters is 1. The number of carbonyl (C=O) groups is 1. The molecule has 2 fully saturated rings. The maximum atomic E-state index is 12.6. The lowest BCUT2D eigenvalue weighted by Crippen LogP contribution is -3.20. The van der Waals surface area contributed by atoms with Crippen LogP contribution in [0.2, 0.25) is 0 Å². The highest BCUT2D eigenvalue weighted by atomic mass is 16.6. The molecule has 136 valence electrons. The molecule has 0 aliphatic carbocycles. The normalized spacial score (nSPS) is 25.6. The number of benzene rings is 2. The summed E-state index contributed by atoms with van der Waals surface area (Å²) in [5.74, 6) is -0.344. The standard InChI is InChI=1S/C20H24BNO4/c23-20(24-16-17-7-3-1-4-8-17)15-19(18-9-5-2-6-10-18)21-22(11-13-25-21)12-14-26-21/h1-10,19,22H,11-16H2. The van der Waals surface area contributed by atoms with E-state index in [1.807, 2.05) is 60.7 Å². The fraction of sp³-hybridized carbons (Fsp3) is 0.350. The van der Waals surface area contributed by atoms with Crippen molar-refractivity contribution in [3.63, 3.8) is 0 Å². The molecule has 2 heterocycles. The van der Waals surface area contributed by atoms with Crippen LogP contribution in [0.25, 0.3) is 0 Å². The molecule has 2 saturated heterocycles. The average molecular weight is 353 g/mol. The molecule has 1 unspecified atom stereocenters. The molecular formula is C20H24BNO4. The summed E-state index contributed by atoms with van der Waals surface area (Å²) in [6, 6.07) is 19.8. The van der Waals surface area contributed by atoms with Crippen molar-refractivity contribution in [1.82, 2.24) is 0 Å². The molecule has 2 aromatic rings. The zero-order valence-electron chi connectivity index (χ0n) is 14.8. The summed E-state index contributed by atoms with van der Waals surface area (Å²) in [6.07, 6.45) is 0.264. The highest BCUT2D eigenvalue weighted by molar-refractivity contribution is 6.61. The Kier molecular flexibility index (Phi) is 5.06. The van der Waals surface area contributed by atoms with Crippen molar-refractivity contribution in [2.75, 3.05) is 26.3 Å². The van der Waals surface area contributed by atoms with Gasteiger partial charge in [0.15, 0.2) is 0 Å². The molecule has 0 spiro atoms. The van der Waals surface area contributed by atoms with Gasteiger partial charge in [0.25, 0.3) is 0 Å². The minimum absolute atomic E-state index is 0.125. The molecule has 0 bridgehead atoms. The third-order valence-corrected chi connectivity index (χ3v) is 5.53. The van der Waals surface area contributed by atoms with Crippen molar-refractivity contribution < 1.29 is 23.7 Å². The number of carbonyl (C=O) groups excluding carboxylic acids is 1. The summed E-state index contributed by atoms with van der Waals surface area (Å²) in [4.78, 5) is 13.9. The van der Waals surface area contributed by atoms with Crippen molar-refractivity contribution >= 4 is 12.7 Å². The molecule has 2 aromatic carbocycles. The Morgan fingerprint density at radius 1 is 1.00 bits per heavy atom. The Morgan fingerprint density at radius 2 is 1.62 bits per heavy atom. The quantitative estimate of drug-likeness (QED) is 0.629. The predicted molar refractivity (Wildman–Crippen MR) is 98.4 cm³/mol. The molecule has 4 rings (SSSR count). The third-order valence-electron chi connectivity index (χ3n) is 5.53. The van der Waals surface area contributed by atoms with E-state index in [4.69, 9.17) is 14.0 Å². The second-order valence-corrected chi connectivity index (χ2v) is 7.04. The van der Waals surface area contributed by atoms with Crippen LogP contribution in [0, 0.1) is 0 Å². The summed E-state index contributed by atoms with van der Waals surface area (Å²) in [7, 11) is 0. The Hall–Kier alpha value is -2.15. The number of fused-ring (bicyclic) bond motifs is 1. The Labute approximate surface area is 153 Å². The van der Waals surface area contributed by atoms with Crippen LogP contribution in [-0.2, 0) is 25.4 Å². The lowest BCUT2D eigenvalue weighted by Gasteiger charge is -2.38. The molecule has 2 aliphatic rings. The molecule has 6 heteroatoms. The summed E-state index contributed by atoms with van der Waals surface area (Å²) in [5, 5.41) is 0. The molecule has 1 N–H and O–H groups in total. The Bertz CT molecular complexity index is 730. The smallest absolute Gasteiger partial charge is 0.479 e. The number of ether oxygens (including phenoxy) is 1. The minimum atomic E-state index is -1.56. The van der Waals surface area contributed by atoms with E-state index in [-0.39, 0.29) is 18.2 Å². The van der Waals surface area contributed by atoms with Crippen LogP contribution in [0.3, 0.4) is 0 Å². The van der Waals surface area contributed by atoms with Crippen LogP contribution in [-0.4, -0.2) is 39.0 Å². The zero-order chi connectivity index (χ0) is 17.8. The zero-order valence-corrected chi connectivity index (χ0v) is 14.8. The number of quaternary nitrogens is 1. The van der Waals surface area contributed by atoms with E-state index in [1.54, 1.807) is 0 Å². The van der Waals surface area contributed by atoms with E-state index < -0.39 is 6.69 Å². The fourth-order valence-electron chi connectivity index (χ4n) is 4.26. The Morgan fingerprint density at radius 3 is 2.27 bits per heavy atom. The maximum Gasteiger partial charge on any atom is 0.479 e. The van der Waals surface area contributed by atoms with Gasteiger partial charge in [-0.25, -0.2) is 0 Å². The first-order valence-electron chi connectivity index (χ1n) is 9.30. The topological polar surface area (TPSA) is 49.2 Å². The van der Waals surface area contributed by atoms with Gasteiger partial charge in [0.2, 0.25) is 0 Å². The lowest BCUT2D eigenvalue weighted by atomic mass is 9.54. The van der Waals surface area contributed by atoms with Gasteiger partial charge < -0.3 is 18.9 Å². The van der Waals surface area contributed by atoms with Crippen molar-refractivity contribution in [2.24, 2.45) is 0 Å². The molecule has 0 aromatic heterocycles. The largest absolute Gasteiger partial charge is 0.509 e. The first-order valence-corrected chi connectivity index (χ1v) is 9.30.